The van der Waals surface area contributed by atoms with Gasteiger partial charge in [-0.25, -0.2) is 4.98 Å². The van der Waals surface area contributed by atoms with Crippen LogP contribution in [-0.2, 0) is 11.8 Å². The average molecular weight is 454 g/mol. The van der Waals surface area contributed by atoms with Crippen LogP contribution in [0.5, 0.6) is 5.88 Å². The molecule has 1 unspecified atom stereocenters. The van der Waals surface area contributed by atoms with E-state index in [4.69, 9.17) is 14.9 Å². The van der Waals surface area contributed by atoms with Crippen LogP contribution in [0.25, 0.3) is 11.6 Å². The molecule has 0 amide bonds. The third-order valence-electron chi connectivity index (χ3n) is 5.06. The van der Waals surface area contributed by atoms with Crippen LogP contribution < -0.4 is 10.5 Å². The number of ether oxygens (including phenoxy) is 1. The predicted octanol–water partition coefficient (Wildman–Crippen LogP) is 4.46. The minimum absolute atomic E-state index is 0.0545. The van der Waals surface area contributed by atoms with Gasteiger partial charge in [0.2, 0.25) is 11.5 Å². The molecular formula is C18H20F6N4O3. The van der Waals surface area contributed by atoms with E-state index in [0.717, 1.165) is 0 Å². The molecule has 0 saturated carbocycles. The topological polar surface area (TPSA) is 107 Å². The predicted molar refractivity (Wildman–Crippen MR) is 94.6 cm³/mol. The number of pyridine rings is 1. The molecular weight excluding hydrogens is 434 g/mol. The number of nitrogens with zero attached hydrogens (tertiary/aromatic N) is 3. The molecule has 2 aromatic heterocycles. The Balaban J connectivity index is 2.19. The average Bonchev–Trinajstić information content (AvgIpc) is 3.10. The fourth-order valence-electron chi connectivity index (χ4n) is 3.46. The van der Waals surface area contributed by atoms with Gasteiger partial charge in [0.25, 0.3) is 11.8 Å². The second-order valence-electron chi connectivity index (χ2n) is 7.71. The van der Waals surface area contributed by atoms with Crippen LogP contribution in [0, 0.1) is 5.92 Å². The minimum atomic E-state index is -5.13. The zero-order valence-electron chi connectivity index (χ0n) is 16.5. The van der Waals surface area contributed by atoms with Gasteiger partial charge in [0, 0.05) is 0 Å². The summed E-state index contributed by atoms with van der Waals surface area (Å²) >= 11 is 0. The van der Waals surface area contributed by atoms with Gasteiger partial charge in [-0.15, -0.1) is 10.2 Å². The van der Waals surface area contributed by atoms with Crippen molar-refractivity contribution < 1.29 is 40.6 Å². The number of alkyl halides is 6. The number of anilines is 1. The molecule has 3 heterocycles. The van der Waals surface area contributed by atoms with E-state index in [0.29, 0.717) is 6.07 Å². The van der Waals surface area contributed by atoms with Gasteiger partial charge >= 0.3 is 12.4 Å². The third kappa shape index (κ3) is 4.55. The number of nitrogens with two attached hydrogens (primary N) is 1. The van der Waals surface area contributed by atoms with Crippen LogP contribution in [0.4, 0.5) is 32.0 Å². The zero-order valence-corrected chi connectivity index (χ0v) is 16.5. The molecule has 13 heteroatoms. The molecule has 3 N–H and O–H groups in total. The van der Waals surface area contributed by atoms with Crippen LogP contribution in [-0.4, -0.2) is 32.6 Å². The summed E-state index contributed by atoms with van der Waals surface area (Å²) in [6.07, 6.45) is -11.0. The standard InChI is InChI=1S/C18H20F6N4O3/c1-8-4-3-5-16(29,18(22,23)24)15-28-27-14(31-15)12-11(25)7-10(17(19,20)21)13(26-12)30-9(2)6-8/h7-9,29H,3-6,25H2,1-2H3/t8?,9-,16-/m1/s1. The quantitative estimate of drug-likeness (QED) is 0.566. The van der Waals surface area contributed by atoms with E-state index in [2.05, 4.69) is 15.2 Å². The second kappa shape index (κ2) is 7.84. The van der Waals surface area contributed by atoms with Crippen LogP contribution in [0.3, 0.4) is 0 Å². The summed E-state index contributed by atoms with van der Waals surface area (Å²) < 4.78 is 91.7. The lowest BCUT2D eigenvalue weighted by Crippen LogP contribution is -2.42. The SMILES string of the molecule is CC1CCC[C@](O)(C(F)(F)F)c2nnc(o2)-c2nc(c(C(F)(F)F)cc2N)O[C@H](C)C1. The largest absolute Gasteiger partial charge is 0.474 e. The molecule has 7 nitrogen and oxygen atoms in total. The summed E-state index contributed by atoms with van der Waals surface area (Å²) in [7, 11) is 0. The van der Waals surface area contributed by atoms with E-state index >= 15 is 0 Å². The molecule has 0 radical (unpaired) electrons. The number of aromatic nitrogens is 3. The summed E-state index contributed by atoms with van der Waals surface area (Å²) in [6.45, 7) is 3.24. The molecule has 3 rings (SSSR count). The molecule has 0 saturated heterocycles. The highest BCUT2D eigenvalue weighted by Crippen LogP contribution is 2.44. The number of hydrogen-bond acceptors (Lipinski definition) is 7. The lowest BCUT2D eigenvalue weighted by molar-refractivity contribution is -0.277. The number of hydrogen-bond donors (Lipinski definition) is 2. The van der Waals surface area contributed by atoms with Gasteiger partial charge in [0.05, 0.1) is 11.8 Å². The van der Waals surface area contributed by atoms with Gasteiger partial charge in [-0.3, -0.25) is 0 Å². The first-order chi connectivity index (χ1) is 14.2. The van der Waals surface area contributed by atoms with E-state index < -0.39 is 65.1 Å². The van der Waals surface area contributed by atoms with Crippen molar-refractivity contribution in [3.8, 4) is 17.5 Å². The van der Waals surface area contributed by atoms with E-state index in [1.54, 1.807) is 6.92 Å². The van der Waals surface area contributed by atoms with Crippen molar-refractivity contribution in [2.75, 3.05) is 5.73 Å². The third-order valence-corrected chi connectivity index (χ3v) is 5.06. The Morgan fingerprint density at radius 3 is 2.45 bits per heavy atom. The Bertz CT molecular complexity index is 945. The fraction of sp³-hybridized carbons (Fsp3) is 0.611. The molecule has 0 aromatic carbocycles. The first kappa shape index (κ1) is 23.1. The van der Waals surface area contributed by atoms with Crippen molar-refractivity contribution in [3.63, 3.8) is 0 Å². The van der Waals surface area contributed by atoms with Crippen LogP contribution in [0.2, 0.25) is 0 Å². The van der Waals surface area contributed by atoms with Gasteiger partial charge in [-0.1, -0.05) is 13.3 Å². The number of fused-ring (bicyclic) bond motifs is 5. The summed E-state index contributed by atoms with van der Waals surface area (Å²) in [5, 5.41) is 17.1. The van der Waals surface area contributed by atoms with Gasteiger partial charge in [-0.05, 0) is 38.2 Å². The van der Waals surface area contributed by atoms with E-state index in [1.165, 1.54) is 6.92 Å². The molecule has 1 aliphatic rings. The van der Waals surface area contributed by atoms with Gasteiger partial charge in [0.15, 0.2) is 5.69 Å². The molecule has 0 aliphatic carbocycles. The van der Waals surface area contributed by atoms with Crippen LogP contribution in [0.1, 0.15) is 51.0 Å². The van der Waals surface area contributed by atoms with Crippen molar-refractivity contribution in [2.24, 2.45) is 5.92 Å². The first-order valence-corrected chi connectivity index (χ1v) is 9.40. The maximum Gasteiger partial charge on any atom is 0.426 e. The number of nitrogen functional groups attached to an aromatic ring is 1. The normalized spacial score (nSPS) is 25.6. The van der Waals surface area contributed by atoms with E-state index in [9.17, 15) is 31.4 Å². The Morgan fingerprint density at radius 1 is 1.16 bits per heavy atom. The minimum Gasteiger partial charge on any atom is -0.474 e. The van der Waals surface area contributed by atoms with Gasteiger partial charge in [0.1, 0.15) is 5.56 Å². The van der Waals surface area contributed by atoms with Crippen molar-refractivity contribution in [1.29, 1.82) is 0 Å². The molecule has 3 atom stereocenters. The lowest BCUT2D eigenvalue weighted by atomic mass is 9.91. The van der Waals surface area contributed by atoms with Crippen molar-refractivity contribution >= 4 is 5.69 Å². The summed E-state index contributed by atoms with van der Waals surface area (Å²) in [4.78, 5) is 3.73. The van der Waals surface area contributed by atoms with Crippen molar-refractivity contribution in [1.82, 2.24) is 15.2 Å². The number of halogens is 6. The second-order valence-corrected chi connectivity index (χ2v) is 7.71. The molecule has 4 bridgehead atoms. The van der Waals surface area contributed by atoms with Crippen LogP contribution in [0.15, 0.2) is 10.5 Å². The molecule has 0 fully saturated rings. The fourth-order valence-corrected chi connectivity index (χ4v) is 3.46. The molecule has 31 heavy (non-hydrogen) atoms. The highest BCUT2D eigenvalue weighted by atomic mass is 19.4. The van der Waals surface area contributed by atoms with Gasteiger partial charge < -0.3 is 20.0 Å². The molecule has 1 aliphatic heterocycles. The highest BCUT2D eigenvalue weighted by molar-refractivity contribution is 5.68. The summed E-state index contributed by atoms with van der Waals surface area (Å²) in [6, 6.07) is 0.541. The van der Waals surface area contributed by atoms with E-state index in [1.807, 2.05) is 0 Å². The van der Waals surface area contributed by atoms with E-state index in [-0.39, 0.29) is 25.2 Å². The monoisotopic (exact) mass is 454 g/mol. The van der Waals surface area contributed by atoms with Crippen LogP contribution >= 0.6 is 0 Å². The Kier molecular flexibility index (Phi) is 5.84. The number of rotatable bonds is 0. The molecule has 172 valence electrons. The summed E-state index contributed by atoms with van der Waals surface area (Å²) in [5.41, 5.74) is -0.0585. The highest BCUT2D eigenvalue weighted by Gasteiger charge is 2.58. The Morgan fingerprint density at radius 2 is 1.84 bits per heavy atom. The van der Waals surface area contributed by atoms with Crippen molar-refractivity contribution in [3.05, 3.63) is 17.5 Å². The maximum atomic E-state index is 13.6. The summed E-state index contributed by atoms with van der Waals surface area (Å²) in [5.74, 6) is -2.83. The lowest BCUT2D eigenvalue weighted by Gasteiger charge is -2.28. The Hall–Kier alpha value is -2.57. The molecule has 0 spiro atoms. The smallest absolute Gasteiger partial charge is 0.426 e. The van der Waals surface area contributed by atoms with Gasteiger partial charge in [-0.2, -0.15) is 26.3 Å². The zero-order chi connectivity index (χ0) is 23.2. The first-order valence-electron chi connectivity index (χ1n) is 9.40. The van der Waals surface area contributed by atoms with Crippen molar-refractivity contribution in [2.45, 2.75) is 63.6 Å². The maximum absolute atomic E-state index is 13.6. The molecule has 2 aromatic rings. The number of aliphatic hydroxyl groups is 1. The Labute approximate surface area is 172 Å².